The topological polar surface area (TPSA) is 35.3 Å². The molecule has 0 radical (unpaired) electrons. The number of hydrogen-bond acceptors (Lipinski definition) is 3. The normalized spacial score (nSPS) is 11.8. The summed E-state index contributed by atoms with van der Waals surface area (Å²) in [7, 11) is 1.63. The zero-order valence-corrected chi connectivity index (χ0v) is 11.6. The second kappa shape index (κ2) is 5.39. The van der Waals surface area contributed by atoms with Gasteiger partial charge >= 0.3 is 0 Å². The predicted molar refractivity (Wildman–Crippen MR) is 80.7 cm³/mol. The van der Waals surface area contributed by atoms with Crippen molar-refractivity contribution < 1.29 is 9.15 Å². The summed E-state index contributed by atoms with van der Waals surface area (Å²) in [5, 5.41) is 0.453. The fourth-order valence-electron chi connectivity index (χ4n) is 1.91. The van der Waals surface area contributed by atoms with E-state index in [9.17, 15) is 0 Å². The van der Waals surface area contributed by atoms with Crippen LogP contribution in [0.1, 0.15) is 11.5 Å². The second-order valence-corrected chi connectivity index (χ2v) is 4.66. The van der Waals surface area contributed by atoms with Crippen LogP contribution in [0.15, 0.2) is 52.9 Å². The Morgan fingerprint density at radius 1 is 1.20 bits per heavy atom. The van der Waals surface area contributed by atoms with E-state index in [1.54, 1.807) is 13.2 Å². The molecule has 0 bridgehead atoms. The Morgan fingerprint density at radius 2 is 2.05 bits per heavy atom. The average Bonchev–Trinajstić information content (AvgIpc) is 2.91. The molecule has 1 heterocycles. The van der Waals surface area contributed by atoms with Crippen LogP contribution in [0.2, 0.25) is 0 Å². The quantitative estimate of drug-likeness (QED) is 0.707. The number of ether oxygens (including phenoxy) is 1. The summed E-state index contributed by atoms with van der Waals surface area (Å²) in [5.41, 5.74) is 2.44. The van der Waals surface area contributed by atoms with Crippen LogP contribution in [0, 0.1) is 0 Å². The maximum absolute atomic E-state index is 6.27. The smallest absolute Gasteiger partial charge is 0.238 e. The van der Waals surface area contributed by atoms with E-state index in [2.05, 4.69) is 4.98 Å². The van der Waals surface area contributed by atoms with Gasteiger partial charge in [0.2, 0.25) is 5.89 Å². The molecule has 1 aromatic heterocycles. The largest absolute Gasteiger partial charge is 0.497 e. The van der Waals surface area contributed by atoms with E-state index < -0.39 is 0 Å². The number of halogens is 1. The van der Waals surface area contributed by atoms with E-state index in [0.717, 1.165) is 22.4 Å². The zero-order chi connectivity index (χ0) is 13.9. The monoisotopic (exact) mass is 285 g/mol. The first-order chi connectivity index (χ1) is 9.76. The Labute approximate surface area is 121 Å². The first-order valence-corrected chi connectivity index (χ1v) is 6.51. The van der Waals surface area contributed by atoms with Gasteiger partial charge in [-0.25, -0.2) is 4.98 Å². The Bertz CT molecular complexity index is 744. The molecule has 20 heavy (non-hydrogen) atoms. The number of fused-ring (bicyclic) bond motifs is 1. The summed E-state index contributed by atoms with van der Waals surface area (Å²) in [4.78, 5) is 4.35. The van der Waals surface area contributed by atoms with Crippen LogP contribution in [0.25, 0.3) is 22.2 Å². The number of hydrogen-bond donors (Lipinski definition) is 0. The first-order valence-electron chi connectivity index (χ1n) is 6.13. The summed E-state index contributed by atoms with van der Waals surface area (Å²) in [5.74, 6) is 1.19. The maximum Gasteiger partial charge on any atom is 0.238 e. The molecule has 4 heteroatoms. The summed E-state index contributed by atoms with van der Waals surface area (Å²) in [6.07, 6.45) is 1.80. The highest BCUT2D eigenvalue weighted by Crippen LogP contribution is 2.26. The lowest BCUT2D eigenvalue weighted by molar-refractivity contribution is 0.414. The van der Waals surface area contributed by atoms with Gasteiger partial charge in [-0.2, -0.15) is 0 Å². The van der Waals surface area contributed by atoms with Gasteiger partial charge in [0, 0.05) is 0 Å². The maximum atomic E-state index is 6.27. The molecule has 0 spiro atoms. The van der Waals surface area contributed by atoms with Crippen LogP contribution in [0.5, 0.6) is 5.75 Å². The Hall–Kier alpha value is -2.26. The summed E-state index contributed by atoms with van der Waals surface area (Å²) >= 11 is 6.27. The molecule has 3 nitrogen and oxygen atoms in total. The lowest BCUT2D eigenvalue weighted by Gasteiger charge is -2.00. The number of methoxy groups -OCH3 is 1. The molecule has 0 aliphatic heterocycles. The Balaban J connectivity index is 1.97. The number of benzene rings is 2. The van der Waals surface area contributed by atoms with E-state index in [1.165, 1.54) is 0 Å². The molecule has 0 fully saturated rings. The van der Waals surface area contributed by atoms with Crippen molar-refractivity contribution in [1.82, 2.24) is 4.98 Å². The predicted octanol–water partition coefficient (Wildman–Crippen LogP) is 4.57. The van der Waals surface area contributed by atoms with Gasteiger partial charge in [0.15, 0.2) is 5.58 Å². The number of rotatable bonds is 3. The fourth-order valence-corrected chi connectivity index (χ4v) is 2.12. The molecule has 2 aromatic carbocycles. The van der Waals surface area contributed by atoms with Crippen molar-refractivity contribution in [3.63, 3.8) is 0 Å². The van der Waals surface area contributed by atoms with Crippen LogP contribution in [0.3, 0.4) is 0 Å². The summed E-state index contributed by atoms with van der Waals surface area (Å²) in [6.45, 7) is 0. The Morgan fingerprint density at radius 3 is 2.85 bits per heavy atom. The van der Waals surface area contributed by atoms with E-state index in [-0.39, 0.29) is 0 Å². The van der Waals surface area contributed by atoms with E-state index in [1.807, 2.05) is 48.5 Å². The van der Waals surface area contributed by atoms with Crippen molar-refractivity contribution in [1.29, 1.82) is 0 Å². The molecule has 0 unspecified atom stereocenters. The minimum Gasteiger partial charge on any atom is -0.497 e. The second-order valence-electron chi connectivity index (χ2n) is 4.26. The fraction of sp³-hybridized carbons (Fsp3) is 0.0625. The Kier molecular flexibility index (Phi) is 3.44. The molecule has 0 amide bonds. The van der Waals surface area contributed by atoms with Crippen LogP contribution in [0.4, 0.5) is 0 Å². The minimum absolute atomic E-state index is 0.413. The van der Waals surface area contributed by atoms with Gasteiger partial charge in [0.25, 0.3) is 0 Å². The zero-order valence-electron chi connectivity index (χ0n) is 10.8. The molecular weight excluding hydrogens is 274 g/mol. The van der Waals surface area contributed by atoms with Gasteiger partial charge in [-0.1, -0.05) is 35.9 Å². The minimum atomic E-state index is 0.413. The lowest BCUT2D eigenvalue weighted by atomic mass is 10.2. The summed E-state index contributed by atoms with van der Waals surface area (Å²) in [6, 6.07) is 15.2. The molecule has 3 aromatic rings. The van der Waals surface area contributed by atoms with Crippen LogP contribution >= 0.6 is 11.6 Å². The highest BCUT2D eigenvalue weighted by molar-refractivity contribution is 6.50. The van der Waals surface area contributed by atoms with Crippen molar-refractivity contribution in [3.8, 4) is 5.75 Å². The van der Waals surface area contributed by atoms with Gasteiger partial charge in [0.05, 0.1) is 7.11 Å². The van der Waals surface area contributed by atoms with Crippen LogP contribution in [-0.4, -0.2) is 12.1 Å². The average molecular weight is 286 g/mol. The molecule has 0 aliphatic rings. The van der Waals surface area contributed by atoms with E-state index in [4.69, 9.17) is 20.8 Å². The SMILES string of the molecule is COc1cccc(/C=C(\Cl)c2nc3ccccc3o2)c1. The standard InChI is InChI=1S/C16H12ClNO2/c1-19-12-6-4-5-11(9-12)10-13(17)16-18-14-7-2-3-8-15(14)20-16/h2-10H,1H3/b13-10-. The number of aromatic nitrogens is 1. The van der Waals surface area contributed by atoms with Gasteiger partial charge in [-0.3, -0.25) is 0 Å². The van der Waals surface area contributed by atoms with E-state index in [0.29, 0.717) is 10.9 Å². The van der Waals surface area contributed by atoms with Crippen LogP contribution in [-0.2, 0) is 0 Å². The molecular formula is C16H12ClNO2. The molecule has 0 saturated carbocycles. The molecule has 0 atom stereocenters. The summed E-state index contributed by atoms with van der Waals surface area (Å²) < 4.78 is 10.8. The number of nitrogens with zero attached hydrogens (tertiary/aromatic N) is 1. The van der Waals surface area contributed by atoms with Gasteiger partial charge in [0.1, 0.15) is 16.3 Å². The van der Waals surface area contributed by atoms with Crippen molar-refractivity contribution >= 4 is 33.8 Å². The molecule has 3 rings (SSSR count). The molecule has 100 valence electrons. The third kappa shape index (κ3) is 2.53. The van der Waals surface area contributed by atoms with Crippen molar-refractivity contribution in [2.75, 3.05) is 7.11 Å². The number of oxazole rings is 1. The first kappa shape index (κ1) is 12.8. The van der Waals surface area contributed by atoms with Crippen molar-refractivity contribution in [3.05, 3.63) is 60.0 Å². The van der Waals surface area contributed by atoms with Crippen molar-refractivity contribution in [2.24, 2.45) is 0 Å². The third-order valence-electron chi connectivity index (χ3n) is 2.89. The highest BCUT2D eigenvalue weighted by atomic mass is 35.5. The number of para-hydroxylation sites is 2. The molecule has 0 aliphatic carbocycles. The van der Waals surface area contributed by atoms with Crippen LogP contribution < -0.4 is 4.74 Å². The highest BCUT2D eigenvalue weighted by Gasteiger charge is 2.08. The molecule has 0 saturated heterocycles. The van der Waals surface area contributed by atoms with Gasteiger partial charge < -0.3 is 9.15 Å². The van der Waals surface area contributed by atoms with Gasteiger partial charge in [-0.05, 0) is 35.9 Å². The molecule has 0 N–H and O–H groups in total. The van der Waals surface area contributed by atoms with Gasteiger partial charge in [-0.15, -0.1) is 0 Å². The third-order valence-corrected chi connectivity index (χ3v) is 3.16. The van der Waals surface area contributed by atoms with Crippen molar-refractivity contribution in [2.45, 2.75) is 0 Å². The lowest BCUT2D eigenvalue weighted by Crippen LogP contribution is -1.83. The van der Waals surface area contributed by atoms with E-state index >= 15 is 0 Å².